The first kappa shape index (κ1) is 15.5. The molecule has 0 aliphatic heterocycles. The summed E-state index contributed by atoms with van der Waals surface area (Å²) < 4.78 is 5.97. The van der Waals surface area contributed by atoms with Crippen LogP contribution in [0, 0.1) is 6.92 Å². The molecule has 1 fully saturated rings. The molecule has 1 aliphatic carbocycles. The van der Waals surface area contributed by atoms with Crippen LogP contribution in [0.2, 0.25) is 0 Å². The first-order chi connectivity index (χ1) is 9.79. The molecular formula is C18H29NO. The Morgan fingerprint density at radius 3 is 2.50 bits per heavy atom. The van der Waals surface area contributed by atoms with Gasteiger partial charge in [0.1, 0.15) is 0 Å². The van der Waals surface area contributed by atoms with Crippen LogP contribution < -0.4 is 5.32 Å². The van der Waals surface area contributed by atoms with Gasteiger partial charge in [0.25, 0.3) is 0 Å². The first-order valence-electron chi connectivity index (χ1n) is 8.21. The maximum atomic E-state index is 5.97. The third-order valence-corrected chi connectivity index (χ3v) is 4.29. The van der Waals surface area contributed by atoms with Crippen molar-refractivity contribution in [2.75, 3.05) is 13.2 Å². The molecule has 1 aromatic carbocycles. The Labute approximate surface area is 123 Å². The third-order valence-electron chi connectivity index (χ3n) is 4.29. The lowest BCUT2D eigenvalue weighted by Crippen LogP contribution is -2.27. The fourth-order valence-electron chi connectivity index (χ4n) is 2.99. The van der Waals surface area contributed by atoms with Gasteiger partial charge in [-0.3, -0.25) is 0 Å². The molecule has 0 radical (unpaired) electrons. The van der Waals surface area contributed by atoms with E-state index in [0.717, 1.165) is 19.6 Å². The minimum atomic E-state index is 0.450. The van der Waals surface area contributed by atoms with Crippen LogP contribution in [0.3, 0.4) is 0 Å². The van der Waals surface area contributed by atoms with Crippen LogP contribution in [0.5, 0.6) is 0 Å². The molecule has 0 heterocycles. The molecule has 2 heteroatoms. The number of aryl methyl sites for hydroxylation is 1. The lowest BCUT2D eigenvalue weighted by Gasteiger charge is -2.23. The van der Waals surface area contributed by atoms with Crippen molar-refractivity contribution >= 4 is 0 Å². The smallest absolute Gasteiger partial charge is 0.0594 e. The van der Waals surface area contributed by atoms with Crippen LogP contribution in [0.1, 0.15) is 62.6 Å². The second-order valence-electron chi connectivity index (χ2n) is 5.96. The van der Waals surface area contributed by atoms with Crippen LogP contribution in [0.15, 0.2) is 24.3 Å². The van der Waals surface area contributed by atoms with E-state index in [1.54, 1.807) is 0 Å². The molecule has 0 saturated heterocycles. The van der Waals surface area contributed by atoms with Crippen LogP contribution in [0.4, 0.5) is 0 Å². The van der Waals surface area contributed by atoms with Crippen molar-refractivity contribution in [2.24, 2.45) is 0 Å². The van der Waals surface area contributed by atoms with E-state index in [4.69, 9.17) is 4.74 Å². The maximum Gasteiger partial charge on any atom is 0.0594 e. The van der Waals surface area contributed by atoms with Gasteiger partial charge in [0.05, 0.1) is 12.7 Å². The predicted molar refractivity (Wildman–Crippen MR) is 85.0 cm³/mol. The minimum Gasteiger partial charge on any atom is -0.377 e. The van der Waals surface area contributed by atoms with E-state index in [-0.39, 0.29) is 0 Å². The highest BCUT2D eigenvalue weighted by Gasteiger charge is 2.13. The van der Waals surface area contributed by atoms with E-state index < -0.39 is 0 Å². The number of benzene rings is 1. The average Bonchev–Trinajstić information content (AvgIpc) is 2.50. The van der Waals surface area contributed by atoms with Gasteiger partial charge in [0, 0.05) is 12.6 Å². The van der Waals surface area contributed by atoms with Crippen LogP contribution in [0.25, 0.3) is 0 Å². The highest BCUT2D eigenvalue weighted by molar-refractivity contribution is 5.23. The van der Waals surface area contributed by atoms with Crippen molar-refractivity contribution in [1.82, 2.24) is 5.32 Å². The van der Waals surface area contributed by atoms with Gasteiger partial charge >= 0.3 is 0 Å². The lowest BCUT2D eigenvalue weighted by molar-refractivity contribution is 0.0293. The van der Waals surface area contributed by atoms with Crippen molar-refractivity contribution in [3.05, 3.63) is 35.4 Å². The van der Waals surface area contributed by atoms with Crippen LogP contribution in [-0.2, 0) is 4.74 Å². The molecule has 0 amide bonds. The normalized spacial score (nSPS) is 18.1. The highest BCUT2D eigenvalue weighted by atomic mass is 16.5. The van der Waals surface area contributed by atoms with Gasteiger partial charge in [-0.1, -0.05) is 56.0 Å². The van der Waals surface area contributed by atoms with E-state index in [2.05, 4.69) is 43.4 Å². The largest absolute Gasteiger partial charge is 0.377 e. The molecule has 1 N–H and O–H groups in total. The van der Waals surface area contributed by atoms with E-state index in [1.807, 2.05) is 0 Å². The Hall–Kier alpha value is -0.860. The topological polar surface area (TPSA) is 21.3 Å². The molecule has 20 heavy (non-hydrogen) atoms. The second-order valence-corrected chi connectivity index (χ2v) is 5.96. The third kappa shape index (κ3) is 4.92. The van der Waals surface area contributed by atoms with Crippen LogP contribution >= 0.6 is 0 Å². The molecule has 1 unspecified atom stereocenters. The Bertz CT molecular complexity index is 368. The standard InChI is InChI=1S/C18H29NO/c1-3-18(16-11-9-15(2)10-12-16)19-13-14-20-17-7-5-4-6-8-17/h9-12,17-19H,3-8,13-14H2,1-2H3. The van der Waals surface area contributed by atoms with Gasteiger partial charge in [-0.15, -0.1) is 0 Å². The van der Waals surface area contributed by atoms with E-state index in [9.17, 15) is 0 Å². The fourth-order valence-corrected chi connectivity index (χ4v) is 2.99. The summed E-state index contributed by atoms with van der Waals surface area (Å²) in [5.41, 5.74) is 2.71. The van der Waals surface area contributed by atoms with Gasteiger partial charge in [0.2, 0.25) is 0 Å². The van der Waals surface area contributed by atoms with Crippen molar-refractivity contribution < 1.29 is 4.74 Å². The molecule has 0 bridgehead atoms. The molecule has 0 spiro atoms. The van der Waals surface area contributed by atoms with Crippen molar-refractivity contribution in [1.29, 1.82) is 0 Å². The van der Waals surface area contributed by atoms with Gasteiger partial charge in [-0.25, -0.2) is 0 Å². The molecule has 1 aliphatic rings. The summed E-state index contributed by atoms with van der Waals surface area (Å²) in [4.78, 5) is 0. The molecule has 0 aromatic heterocycles. The van der Waals surface area contributed by atoms with Crippen molar-refractivity contribution in [3.8, 4) is 0 Å². The molecule has 1 aromatic rings. The summed E-state index contributed by atoms with van der Waals surface area (Å²) in [6.07, 6.45) is 8.24. The molecule has 1 saturated carbocycles. The monoisotopic (exact) mass is 275 g/mol. The number of hydrogen-bond donors (Lipinski definition) is 1. The average molecular weight is 275 g/mol. The van der Waals surface area contributed by atoms with Gasteiger partial charge < -0.3 is 10.1 Å². The van der Waals surface area contributed by atoms with E-state index >= 15 is 0 Å². The highest BCUT2D eigenvalue weighted by Crippen LogP contribution is 2.20. The molecular weight excluding hydrogens is 246 g/mol. The van der Waals surface area contributed by atoms with Gasteiger partial charge in [0.15, 0.2) is 0 Å². The Balaban J connectivity index is 1.69. The molecule has 2 nitrogen and oxygen atoms in total. The summed E-state index contributed by atoms with van der Waals surface area (Å²) in [6, 6.07) is 9.30. The van der Waals surface area contributed by atoms with E-state index in [1.165, 1.54) is 43.2 Å². The number of rotatable bonds is 7. The summed E-state index contributed by atoms with van der Waals surface area (Å²) in [5, 5.41) is 3.62. The molecule has 2 rings (SSSR count). The number of hydrogen-bond acceptors (Lipinski definition) is 2. The molecule has 1 atom stereocenters. The van der Waals surface area contributed by atoms with Crippen molar-refractivity contribution in [3.63, 3.8) is 0 Å². The van der Waals surface area contributed by atoms with E-state index in [0.29, 0.717) is 12.1 Å². The summed E-state index contributed by atoms with van der Waals surface area (Å²) in [6.45, 7) is 6.16. The number of ether oxygens (including phenoxy) is 1. The maximum absolute atomic E-state index is 5.97. The quantitative estimate of drug-likeness (QED) is 0.745. The number of nitrogens with one attached hydrogen (secondary N) is 1. The zero-order valence-electron chi connectivity index (χ0n) is 13.0. The summed E-state index contributed by atoms with van der Waals surface area (Å²) in [5.74, 6) is 0. The summed E-state index contributed by atoms with van der Waals surface area (Å²) in [7, 11) is 0. The van der Waals surface area contributed by atoms with Gasteiger partial charge in [-0.2, -0.15) is 0 Å². The summed E-state index contributed by atoms with van der Waals surface area (Å²) >= 11 is 0. The first-order valence-corrected chi connectivity index (χ1v) is 8.21. The predicted octanol–water partition coefficient (Wildman–Crippen LogP) is 4.39. The second kappa shape index (κ2) is 8.43. The lowest BCUT2D eigenvalue weighted by atomic mass is 9.98. The fraction of sp³-hybridized carbons (Fsp3) is 0.667. The Morgan fingerprint density at radius 2 is 1.85 bits per heavy atom. The Kier molecular flexibility index (Phi) is 6.55. The SMILES string of the molecule is CCC(NCCOC1CCCCC1)c1ccc(C)cc1. The Morgan fingerprint density at radius 1 is 1.15 bits per heavy atom. The van der Waals surface area contributed by atoms with Crippen molar-refractivity contribution in [2.45, 2.75) is 64.5 Å². The van der Waals surface area contributed by atoms with Gasteiger partial charge in [-0.05, 0) is 31.7 Å². The zero-order chi connectivity index (χ0) is 14.2. The zero-order valence-corrected chi connectivity index (χ0v) is 13.0. The minimum absolute atomic E-state index is 0.450. The van der Waals surface area contributed by atoms with Crippen LogP contribution in [-0.4, -0.2) is 19.3 Å². The molecule has 112 valence electrons.